The molecular formula is C23H36NO2+. The lowest BCUT2D eigenvalue weighted by molar-refractivity contribution is -0.698. The average molecular weight is 359 g/mol. The Morgan fingerprint density at radius 1 is 1.08 bits per heavy atom. The largest absolute Gasteiger partial charge is 0.385 e. The van der Waals surface area contributed by atoms with Gasteiger partial charge >= 0.3 is 0 Å². The summed E-state index contributed by atoms with van der Waals surface area (Å²) in [4.78, 5) is 0. The van der Waals surface area contributed by atoms with Crippen molar-refractivity contribution in [1.82, 2.24) is 0 Å². The summed E-state index contributed by atoms with van der Waals surface area (Å²) in [5.41, 5.74) is 1.90. The van der Waals surface area contributed by atoms with Crippen molar-refractivity contribution in [2.75, 3.05) is 19.8 Å². The van der Waals surface area contributed by atoms with Gasteiger partial charge in [0, 0.05) is 12.2 Å². The molecule has 2 atom stereocenters. The number of aliphatic hydroxyl groups is 1. The van der Waals surface area contributed by atoms with Gasteiger partial charge in [-0.15, -0.1) is 0 Å². The fraction of sp³-hybridized carbons (Fsp3) is 0.739. The van der Waals surface area contributed by atoms with Crippen molar-refractivity contribution < 1.29 is 15.2 Å². The standard InChI is InChI=1S/C23H35NO2/c1-17(21-5-3-2-4-6-21)24-15-22(25)16-26-8-7-23-12-18-9-19(13-23)11-20(10-18)14-23/h2-6,17-20,22,24-25H,7-16H2,1H3/p+1/t17-,18?,19?,20?,22+,23?/m0/s1. The molecular weight excluding hydrogens is 322 g/mol. The summed E-state index contributed by atoms with van der Waals surface area (Å²) < 4.78 is 5.90. The molecule has 1 aromatic carbocycles. The second-order valence-corrected chi connectivity index (χ2v) is 9.57. The van der Waals surface area contributed by atoms with Crippen LogP contribution in [0.25, 0.3) is 0 Å². The third kappa shape index (κ3) is 4.32. The molecule has 26 heavy (non-hydrogen) atoms. The first-order chi connectivity index (χ1) is 12.6. The molecule has 3 nitrogen and oxygen atoms in total. The minimum Gasteiger partial charge on any atom is -0.385 e. The van der Waals surface area contributed by atoms with Crippen LogP contribution >= 0.6 is 0 Å². The van der Waals surface area contributed by atoms with Crippen LogP contribution in [0.1, 0.15) is 63.5 Å². The highest BCUT2D eigenvalue weighted by molar-refractivity contribution is 5.16. The van der Waals surface area contributed by atoms with Gasteiger partial charge < -0.3 is 15.2 Å². The maximum atomic E-state index is 10.2. The van der Waals surface area contributed by atoms with Gasteiger partial charge in [0.2, 0.25) is 0 Å². The molecule has 0 unspecified atom stereocenters. The lowest BCUT2D eigenvalue weighted by Gasteiger charge is -2.57. The highest BCUT2D eigenvalue weighted by Gasteiger charge is 2.50. The molecule has 1 aromatic rings. The van der Waals surface area contributed by atoms with Crippen molar-refractivity contribution in [1.29, 1.82) is 0 Å². The van der Waals surface area contributed by atoms with E-state index < -0.39 is 0 Å². The van der Waals surface area contributed by atoms with E-state index in [1.54, 1.807) is 0 Å². The van der Waals surface area contributed by atoms with Crippen molar-refractivity contribution in [2.45, 2.75) is 64.0 Å². The van der Waals surface area contributed by atoms with Crippen LogP contribution in [0.15, 0.2) is 30.3 Å². The number of aliphatic hydroxyl groups excluding tert-OH is 1. The molecule has 3 heteroatoms. The highest BCUT2D eigenvalue weighted by atomic mass is 16.5. The summed E-state index contributed by atoms with van der Waals surface area (Å²) >= 11 is 0. The zero-order chi connectivity index (χ0) is 18.0. The van der Waals surface area contributed by atoms with Gasteiger partial charge in [-0.3, -0.25) is 0 Å². The number of hydrogen-bond donors (Lipinski definition) is 2. The van der Waals surface area contributed by atoms with Crippen molar-refractivity contribution in [2.24, 2.45) is 23.2 Å². The summed E-state index contributed by atoms with van der Waals surface area (Å²) in [7, 11) is 0. The SMILES string of the molecule is C[C@H]([NH2+]C[C@@H](O)COCCC12CC3CC(CC(C3)C1)C2)c1ccccc1. The summed E-state index contributed by atoms with van der Waals surface area (Å²) in [6, 6.07) is 10.9. The predicted octanol–water partition coefficient (Wildman–Crippen LogP) is 3.30. The number of rotatable bonds is 9. The fourth-order valence-electron chi connectivity index (χ4n) is 6.43. The molecule has 3 N–H and O–H groups in total. The molecule has 5 rings (SSSR count). The third-order valence-corrected chi connectivity index (χ3v) is 7.34. The monoisotopic (exact) mass is 358 g/mol. The van der Waals surface area contributed by atoms with Crippen LogP contribution in [0.5, 0.6) is 0 Å². The maximum Gasteiger partial charge on any atom is 0.126 e. The topological polar surface area (TPSA) is 46.1 Å². The quantitative estimate of drug-likeness (QED) is 0.666. The zero-order valence-electron chi connectivity index (χ0n) is 16.3. The second kappa shape index (κ2) is 8.00. The Morgan fingerprint density at radius 2 is 1.69 bits per heavy atom. The molecule has 4 aliphatic rings. The van der Waals surface area contributed by atoms with Gasteiger partial charge in [0.15, 0.2) is 0 Å². The van der Waals surface area contributed by atoms with Crippen LogP contribution in [0.4, 0.5) is 0 Å². The molecule has 4 saturated carbocycles. The van der Waals surface area contributed by atoms with E-state index in [-0.39, 0.29) is 6.10 Å². The first kappa shape index (κ1) is 18.5. The van der Waals surface area contributed by atoms with Gasteiger partial charge in [-0.25, -0.2) is 0 Å². The predicted molar refractivity (Wildman–Crippen MR) is 104 cm³/mol. The summed E-state index contributed by atoms with van der Waals surface area (Å²) in [6.45, 7) is 4.20. The lowest BCUT2D eigenvalue weighted by atomic mass is 9.49. The molecule has 0 aliphatic heterocycles. The Morgan fingerprint density at radius 3 is 2.31 bits per heavy atom. The van der Waals surface area contributed by atoms with Crippen LogP contribution in [-0.4, -0.2) is 31.0 Å². The van der Waals surface area contributed by atoms with Crippen LogP contribution in [0.3, 0.4) is 0 Å². The van der Waals surface area contributed by atoms with Gasteiger partial charge in [0.05, 0.1) is 6.61 Å². The van der Waals surface area contributed by atoms with Gasteiger partial charge in [-0.05, 0) is 75.0 Å². The molecule has 0 saturated heterocycles. The van der Waals surface area contributed by atoms with E-state index in [0.717, 1.165) is 24.4 Å². The Bertz CT molecular complexity index is 538. The minimum absolute atomic E-state index is 0.373. The maximum absolute atomic E-state index is 10.2. The van der Waals surface area contributed by atoms with E-state index in [0.29, 0.717) is 24.6 Å². The fourth-order valence-corrected chi connectivity index (χ4v) is 6.43. The highest BCUT2D eigenvalue weighted by Crippen LogP contribution is 2.61. The summed E-state index contributed by atoms with van der Waals surface area (Å²) in [5.74, 6) is 3.04. The van der Waals surface area contributed by atoms with Crippen molar-refractivity contribution in [3.63, 3.8) is 0 Å². The normalized spacial score (nSPS) is 34.8. The second-order valence-electron chi connectivity index (χ2n) is 9.57. The smallest absolute Gasteiger partial charge is 0.126 e. The molecule has 4 aliphatic carbocycles. The van der Waals surface area contributed by atoms with Gasteiger partial charge in [0.1, 0.15) is 18.7 Å². The summed E-state index contributed by atoms with van der Waals surface area (Å²) in [5, 5.41) is 12.5. The first-order valence-corrected chi connectivity index (χ1v) is 10.8. The Hall–Kier alpha value is -0.900. The average Bonchev–Trinajstić information content (AvgIpc) is 2.63. The van der Waals surface area contributed by atoms with Crippen molar-refractivity contribution >= 4 is 0 Å². The molecule has 0 heterocycles. The van der Waals surface area contributed by atoms with Gasteiger partial charge in [-0.2, -0.15) is 0 Å². The van der Waals surface area contributed by atoms with Crippen molar-refractivity contribution in [3.8, 4) is 0 Å². The number of hydrogen-bond acceptors (Lipinski definition) is 2. The number of nitrogens with two attached hydrogens (primary N) is 1. The molecule has 0 spiro atoms. The minimum atomic E-state index is -0.377. The molecule has 0 radical (unpaired) electrons. The van der Waals surface area contributed by atoms with E-state index in [1.807, 2.05) is 6.07 Å². The van der Waals surface area contributed by atoms with Crippen molar-refractivity contribution in [3.05, 3.63) is 35.9 Å². The number of quaternary nitrogens is 1. The number of ether oxygens (including phenoxy) is 1. The van der Waals surface area contributed by atoms with E-state index in [1.165, 1.54) is 50.5 Å². The Labute approximate surface area is 158 Å². The van der Waals surface area contributed by atoms with E-state index in [4.69, 9.17) is 4.74 Å². The Kier molecular flexibility index (Phi) is 5.68. The van der Waals surface area contributed by atoms with Crippen LogP contribution < -0.4 is 5.32 Å². The van der Waals surface area contributed by atoms with Crippen LogP contribution in [0, 0.1) is 23.2 Å². The first-order valence-electron chi connectivity index (χ1n) is 10.8. The van der Waals surface area contributed by atoms with E-state index in [9.17, 15) is 5.11 Å². The van der Waals surface area contributed by atoms with Crippen LogP contribution in [-0.2, 0) is 4.74 Å². The van der Waals surface area contributed by atoms with E-state index >= 15 is 0 Å². The van der Waals surface area contributed by atoms with Gasteiger partial charge in [-0.1, -0.05) is 30.3 Å². The summed E-state index contributed by atoms with van der Waals surface area (Å²) in [6.07, 6.45) is 9.72. The molecule has 4 bridgehead atoms. The molecule has 0 aromatic heterocycles. The van der Waals surface area contributed by atoms with Gasteiger partial charge in [0.25, 0.3) is 0 Å². The van der Waals surface area contributed by atoms with E-state index in [2.05, 4.69) is 36.5 Å². The molecule has 4 fully saturated rings. The third-order valence-electron chi connectivity index (χ3n) is 7.34. The number of benzene rings is 1. The Balaban J connectivity index is 1.14. The zero-order valence-corrected chi connectivity index (χ0v) is 16.3. The lowest BCUT2D eigenvalue weighted by Crippen LogP contribution is -2.87. The molecule has 144 valence electrons. The molecule has 0 amide bonds. The van der Waals surface area contributed by atoms with Crippen LogP contribution in [0.2, 0.25) is 0 Å².